The van der Waals surface area contributed by atoms with Crippen LogP contribution in [0, 0.1) is 10.1 Å². The summed E-state index contributed by atoms with van der Waals surface area (Å²) in [6, 6.07) is 24.4. The first-order chi connectivity index (χ1) is 21.2. The molecular formula is C32H23BrN4O7. The van der Waals surface area contributed by atoms with Crippen LogP contribution < -0.4 is 19.6 Å². The number of hydrogen-bond donors (Lipinski definition) is 1. The van der Waals surface area contributed by atoms with Crippen molar-refractivity contribution < 1.29 is 28.7 Å². The monoisotopic (exact) mass is 654 g/mol. The van der Waals surface area contributed by atoms with E-state index in [1.165, 1.54) is 43.7 Å². The Kier molecular flexibility index (Phi) is 8.91. The summed E-state index contributed by atoms with van der Waals surface area (Å²) in [4.78, 5) is 40.9. The molecule has 1 N–H and O–H groups in total. The Labute approximate surface area is 259 Å². The molecule has 1 aromatic heterocycles. The van der Waals surface area contributed by atoms with Gasteiger partial charge in [-0.2, -0.15) is 5.10 Å². The number of nitro benzene ring substituents is 1. The van der Waals surface area contributed by atoms with Crippen molar-refractivity contribution in [1.82, 2.24) is 10.4 Å². The van der Waals surface area contributed by atoms with Gasteiger partial charge in [0.1, 0.15) is 5.75 Å². The number of pyridine rings is 1. The molecule has 5 rings (SSSR count). The first-order valence-corrected chi connectivity index (χ1v) is 13.8. The number of nitrogens with zero attached hydrogens (tertiary/aromatic N) is 3. The molecule has 4 aromatic carbocycles. The predicted molar refractivity (Wildman–Crippen MR) is 168 cm³/mol. The van der Waals surface area contributed by atoms with Gasteiger partial charge in [-0.1, -0.05) is 28.1 Å². The average Bonchev–Trinajstić information content (AvgIpc) is 3.04. The highest BCUT2D eigenvalue weighted by Gasteiger charge is 2.16. The molecule has 0 aliphatic heterocycles. The van der Waals surface area contributed by atoms with Crippen LogP contribution in [0.2, 0.25) is 0 Å². The number of halogens is 1. The van der Waals surface area contributed by atoms with Crippen LogP contribution in [0.15, 0.2) is 101 Å². The molecule has 5 aromatic rings. The molecule has 0 radical (unpaired) electrons. The highest BCUT2D eigenvalue weighted by atomic mass is 79.9. The lowest BCUT2D eigenvalue weighted by molar-refractivity contribution is -0.384. The minimum atomic E-state index is -0.712. The summed E-state index contributed by atoms with van der Waals surface area (Å²) in [6.45, 7) is 0. The lowest BCUT2D eigenvalue weighted by Crippen LogP contribution is -2.18. The second-order valence-electron chi connectivity index (χ2n) is 9.25. The third kappa shape index (κ3) is 6.71. The molecule has 11 nitrogen and oxygen atoms in total. The van der Waals surface area contributed by atoms with Crippen LogP contribution in [-0.4, -0.2) is 42.2 Å². The fourth-order valence-corrected chi connectivity index (χ4v) is 4.51. The first-order valence-electron chi connectivity index (χ1n) is 13.0. The van der Waals surface area contributed by atoms with E-state index in [4.69, 9.17) is 19.2 Å². The molecule has 0 bridgehead atoms. The van der Waals surface area contributed by atoms with Crippen molar-refractivity contribution in [3.05, 3.63) is 122 Å². The Morgan fingerprint density at radius 1 is 0.909 bits per heavy atom. The quantitative estimate of drug-likeness (QED) is 0.0618. The van der Waals surface area contributed by atoms with Crippen molar-refractivity contribution in [3.63, 3.8) is 0 Å². The molecule has 0 spiro atoms. The van der Waals surface area contributed by atoms with E-state index in [2.05, 4.69) is 26.5 Å². The zero-order valence-electron chi connectivity index (χ0n) is 23.3. The summed E-state index contributed by atoms with van der Waals surface area (Å²) in [5.74, 6) is -0.220. The number of amides is 1. The number of nitrogens with one attached hydrogen (secondary N) is 1. The molecule has 1 heterocycles. The van der Waals surface area contributed by atoms with Gasteiger partial charge in [0.25, 0.3) is 11.6 Å². The number of non-ortho nitro benzene ring substituents is 1. The number of carbonyl (C=O) groups excluding carboxylic acids is 2. The number of ether oxygens (including phenoxy) is 3. The molecule has 220 valence electrons. The van der Waals surface area contributed by atoms with Gasteiger partial charge in [0.05, 0.1) is 47.7 Å². The van der Waals surface area contributed by atoms with Crippen LogP contribution in [-0.2, 0) is 0 Å². The molecule has 44 heavy (non-hydrogen) atoms. The standard InChI is InChI=1S/C32H23BrN4O7/c1-42-24-12-13-27-25(16-24)26(17-28(35-27)20-4-8-22(33)9-5-20)31(38)36-34-18-19-3-14-29(30(15-19)43-2)44-32(39)21-6-10-23(11-7-21)37(40)41/h3-18H,1-2H3,(H,36,38). The molecule has 0 atom stereocenters. The number of nitro groups is 1. The van der Waals surface area contributed by atoms with Crippen LogP contribution >= 0.6 is 15.9 Å². The van der Waals surface area contributed by atoms with Crippen LogP contribution in [0.5, 0.6) is 17.2 Å². The number of rotatable bonds is 9. The second kappa shape index (κ2) is 13.1. The highest BCUT2D eigenvalue weighted by molar-refractivity contribution is 9.10. The highest BCUT2D eigenvalue weighted by Crippen LogP contribution is 2.30. The van der Waals surface area contributed by atoms with Crippen LogP contribution in [0.3, 0.4) is 0 Å². The first kappa shape index (κ1) is 29.9. The van der Waals surface area contributed by atoms with E-state index in [0.717, 1.165) is 10.0 Å². The molecule has 0 aliphatic carbocycles. The molecule has 12 heteroatoms. The number of esters is 1. The minimum absolute atomic E-state index is 0.134. The number of carbonyl (C=O) groups is 2. The molecule has 0 saturated heterocycles. The number of aromatic nitrogens is 1. The van der Waals surface area contributed by atoms with E-state index < -0.39 is 16.8 Å². The molecule has 0 unspecified atom stereocenters. The van der Waals surface area contributed by atoms with Gasteiger partial charge in [-0.3, -0.25) is 14.9 Å². The zero-order valence-corrected chi connectivity index (χ0v) is 24.9. The average molecular weight is 655 g/mol. The number of hydrogen-bond acceptors (Lipinski definition) is 9. The number of methoxy groups -OCH3 is 2. The molecule has 1 amide bonds. The molecule has 0 aliphatic rings. The van der Waals surface area contributed by atoms with E-state index in [0.29, 0.717) is 33.5 Å². The van der Waals surface area contributed by atoms with Crippen molar-refractivity contribution in [2.24, 2.45) is 5.10 Å². The molecule has 0 saturated carbocycles. The van der Waals surface area contributed by atoms with Gasteiger partial charge < -0.3 is 14.2 Å². The lowest BCUT2D eigenvalue weighted by Gasteiger charge is -2.11. The van der Waals surface area contributed by atoms with Gasteiger partial charge in [0.2, 0.25) is 0 Å². The predicted octanol–water partition coefficient (Wildman–Crippen LogP) is 6.57. The zero-order chi connectivity index (χ0) is 31.2. The van der Waals surface area contributed by atoms with Gasteiger partial charge in [-0.15, -0.1) is 0 Å². The Hall–Kier alpha value is -5.62. The maximum Gasteiger partial charge on any atom is 0.343 e. The smallest absolute Gasteiger partial charge is 0.343 e. The SMILES string of the molecule is COc1ccc2nc(-c3ccc(Br)cc3)cc(C(=O)NN=Cc3ccc(OC(=O)c4ccc([N+](=O)[O-])cc4)c(OC)c3)c2c1. The van der Waals surface area contributed by atoms with E-state index in [1.807, 2.05) is 24.3 Å². The topological polar surface area (TPSA) is 142 Å². The van der Waals surface area contributed by atoms with Gasteiger partial charge in [-0.25, -0.2) is 15.2 Å². The summed E-state index contributed by atoms with van der Waals surface area (Å²) in [5, 5.41) is 15.6. The number of benzene rings is 4. The summed E-state index contributed by atoms with van der Waals surface area (Å²) in [7, 11) is 2.96. The Balaban J connectivity index is 1.35. The third-order valence-corrected chi connectivity index (χ3v) is 7.01. The maximum atomic E-state index is 13.4. The van der Waals surface area contributed by atoms with E-state index in [-0.39, 0.29) is 22.7 Å². The van der Waals surface area contributed by atoms with Crippen molar-refractivity contribution in [2.45, 2.75) is 0 Å². The maximum absolute atomic E-state index is 13.4. The van der Waals surface area contributed by atoms with E-state index in [1.54, 1.807) is 43.5 Å². The summed E-state index contributed by atoms with van der Waals surface area (Å²) in [5.41, 5.74) is 5.53. The molecule has 0 fully saturated rings. The van der Waals surface area contributed by atoms with Gasteiger partial charge >= 0.3 is 5.97 Å². The Bertz CT molecular complexity index is 1910. The van der Waals surface area contributed by atoms with Gasteiger partial charge in [0.15, 0.2) is 11.5 Å². The molecular weight excluding hydrogens is 632 g/mol. The van der Waals surface area contributed by atoms with Gasteiger partial charge in [0, 0.05) is 27.6 Å². The summed E-state index contributed by atoms with van der Waals surface area (Å²) < 4.78 is 17.1. The summed E-state index contributed by atoms with van der Waals surface area (Å²) >= 11 is 3.44. The van der Waals surface area contributed by atoms with E-state index >= 15 is 0 Å². The van der Waals surface area contributed by atoms with Crippen molar-refractivity contribution in [3.8, 4) is 28.5 Å². The van der Waals surface area contributed by atoms with Gasteiger partial charge in [-0.05, 0) is 72.3 Å². The fraction of sp³-hybridized carbons (Fsp3) is 0.0625. The summed E-state index contributed by atoms with van der Waals surface area (Å²) in [6.07, 6.45) is 1.42. The largest absolute Gasteiger partial charge is 0.497 e. The van der Waals surface area contributed by atoms with Crippen LogP contribution in [0.1, 0.15) is 26.3 Å². The minimum Gasteiger partial charge on any atom is -0.497 e. The van der Waals surface area contributed by atoms with Crippen LogP contribution in [0.25, 0.3) is 22.2 Å². The Morgan fingerprint density at radius 3 is 2.34 bits per heavy atom. The second-order valence-corrected chi connectivity index (χ2v) is 10.2. The Morgan fingerprint density at radius 2 is 1.66 bits per heavy atom. The lowest BCUT2D eigenvalue weighted by atomic mass is 10.0. The normalized spacial score (nSPS) is 10.9. The van der Waals surface area contributed by atoms with Crippen LogP contribution in [0.4, 0.5) is 5.69 Å². The fourth-order valence-electron chi connectivity index (χ4n) is 4.24. The number of fused-ring (bicyclic) bond motifs is 1. The van der Waals surface area contributed by atoms with Crippen molar-refractivity contribution in [1.29, 1.82) is 0 Å². The van der Waals surface area contributed by atoms with Crippen molar-refractivity contribution >= 4 is 50.6 Å². The third-order valence-electron chi connectivity index (χ3n) is 6.48. The van der Waals surface area contributed by atoms with Crippen molar-refractivity contribution in [2.75, 3.05) is 14.2 Å². The van der Waals surface area contributed by atoms with E-state index in [9.17, 15) is 19.7 Å². The number of hydrazone groups is 1.